The number of hydrogen-bond acceptors (Lipinski definition) is 6. The van der Waals surface area contributed by atoms with E-state index in [4.69, 9.17) is 32.7 Å². The molecule has 2 aromatic rings. The van der Waals surface area contributed by atoms with Crippen LogP contribution in [0.2, 0.25) is 10.0 Å². The second-order valence-electron chi connectivity index (χ2n) is 7.73. The Bertz CT molecular complexity index is 960. The molecule has 0 aliphatic carbocycles. The van der Waals surface area contributed by atoms with E-state index >= 15 is 0 Å². The van der Waals surface area contributed by atoms with Gasteiger partial charge in [-0.25, -0.2) is 0 Å². The Morgan fingerprint density at radius 3 is 1.91 bits per heavy atom. The van der Waals surface area contributed by atoms with Crippen molar-refractivity contribution >= 4 is 34.8 Å². The predicted octanol–water partition coefficient (Wildman–Crippen LogP) is 5.50. The molecule has 6 nitrogen and oxygen atoms in total. The molecule has 2 aromatic carbocycles. The summed E-state index contributed by atoms with van der Waals surface area (Å²) in [6, 6.07) is 9.35. The van der Waals surface area contributed by atoms with Crippen molar-refractivity contribution in [3.05, 3.63) is 57.6 Å². The highest BCUT2D eigenvalue weighted by molar-refractivity contribution is 6.50. The lowest BCUT2D eigenvalue weighted by molar-refractivity contribution is 0.0814. The molecule has 2 rings (SSSR count). The van der Waals surface area contributed by atoms with Gasteiger partial charge >= 0.3 is 0 Å². The molecule has 0 aliphatic heterocycles. The SMILES string of the molecule is CCN(CC)CCOc1cc(Cl)cc(C(=O)C(=O)c2cc(Cl)ccc2OCCN(CC)CC)c1. The summed E-state index contributed by atoms with van der Waals surface area (Å²) in [6.45, 7) is 14.3. The monoisotopic (exact) mass is 508 g/mol. The number of likely N-dealkylation sites (N-methyl/N-ethyl adjacent to an activating group) is 2. The summed E-state index contributed by atoms with van der Waals surface area (Å²) < 4.78 is 11.6. The Morgan fingerprint density at radius 1 is 0.735 bits per heavy atom. The van der Waals surface area contributed by atoms with Crippen molar-refractivity contribution in [1.29, 1.82) is 0 Å². The molecule has 34 heavy (non-hydrogen) atoms. The van der Waals surface area contributed by atoms with Gasteiger partial charge in [0, 0.05) is 28.7 Å². The van der Waals surface area contributed by atoms with Crippen LogP contribution in [0.15, 0.2) is 36.4 Å². The number of nitrogens with zero attached hydrogens (tertiary/aromatic N) is 2. The number of hydrogen-bond donors (Lipinski definition) is 0. The molecule has 8 heteroatoms. The van der Waals surface area contributed by atoms with Crippen LogP contribution in [0.1, 0.15) is 48.4 Å². The zero-order chi connectivity index (χ0) is 25.1. The van der Waals surface area contributed by atoms with E-state index in [1.807, 2.05) is 0 Å². The molecule has 0 saturated carbocycles. The summed E-state index contributed by atoms with van der Waals surface area (Å²) >= 11 is 12.3. The van der Waals surface area contributed by atoms with E-state index in [9.17, 15) is 9.59 Å². The zero-order valence-electron chi connectivity index (χ0n) is 20.4. The van der Waals surface area contributed by atoms with E-state index < -0.39 is 11.6 Å². The minimum absolute atomic E-state index is 0.126. The van der Waals surface area contributed by atoms with Crippen molar-refractivity contribution in [1.82, 2.24) is 9.80 Å². The summed E-state index contributed by atoms with van der Waals surface area (Å²) in [4.78, 5) is 30.7. The van der Waals surface area contributed by atoms with Crippen LogP contribution < -0.4 is 9.47 Å². The standard InChI is InChI=1S/C26H34Cl2N2O4/c1-5-29(6-2)11-13-33-22-16-19(15-21(28)17-22)25(31)26(32)23-18-20(27)9-10-24(23)34-14-12-30(7-3)8-4/h9-10,15-18H,5-8,11-14H2,1-4H3. The van der Waals surface area contributed by atoms with E-state index in [2.05, 4.69) is 37.5 Å². The number of carbonyl (C=O) groups excluding carboxylic acids is 2. The van der Waals surface area contributed by atoms with Crippen molar-refractivity contribution in [2.24, 2.45) is 0 Å². The summed E-state index contributed by atoms with van der Waals surface area (Å²) in [5, 5.41) is 0.664. The first kappa shape index (κ1) is 28.1. The topological polar surface area (TPSA) is 59.1 Å². The molecule has 0 bridgehead atoms. The van der Waals surface area contributed by atoms with Gasteiger partial charge < -0.3 is 19.3 Å². The average molecular weight is 509 g/mol. The van der Waals surface area contributed by atoms with Gasteiger partial charge in [0.2, 0.25) is 11.6 Å². The second kappa shape index (κ2) is 14.3. The molecule has 0 atom stereocenters. The highest BCUT2D eigenvalue weighted by Crippen LogP contribution is 2.27. The summed E-state index contributed by atoms with van der Waals surface area (Å²) in [5.74, 6) is -0.645. The van der Waals surface area contributed by atoms with Crippen molar-refractivity contribution in [2.45, 2.75) is 27.7 Å². The molecule has 0 saturated heterocycles. The zero-order valence-corrected chi connectivity index (χ0v) is 21.9. The number of ether oxygens (including phenoxy) is 2. The van der Waals surface area contributed by atoms with Gasteiger partial charge in [-0.1, -0.05) is 50.9 Å². The molecule has 0 aliphatic rings. The van der Waals surface area contributed by atoms with Crippen molar-refractivity contribution in [3.8, 4) is 11.5 Å². The van der Waals surface area contributed by atoms with Gasteiger partial charge in [0.25, 0.3) is 0 Å². The number of carbonyl (C=O) groups is 2. The maximum atomic E-state index is 13.1. The molecule has 0 N–H and O–H groups in total. The van der Waals surface area contributed by atoms with E-state index in [1.54, 1.807) is 24.3 Å². The van der Waals surface area contributed by atoms with Crippen molar-refractivity contribution < 1.29 is 19.1 Å². The molecular formula is C26H34Cl2N2O4. The van der Waals surface area contributed by atoms with Crippen molar-refractivity contribution in [3.63, 3.8) is 0 Å². The van der Waals surface area contributed by atoms with E-state index in [1.165, 1.54) is 12.1 Å². The van der Waals surface area contributed by atoms with Gasteiger partial charge in [0.1, 0.15) is 24.7 Å². The third kappa shape index (κ3) is 8.27. The number of benzene rings is 2. The quantitative estimate of drug-likeness (QED) is 0.234. The van der Waals surface area contributed by atoms with E-state index in [0.29, 0.717) is 41.3 Å². The fourth-order valence-corrected chi connectivity index (χ4v) is 3.89. The van der Waals surface area contributed by atoms with Gasteiger partial charge in [-0.3, -0.25) is 9.59 Å². The first-order chi connectivity index (χ1) is 16.3. The second-order valence-corrected chi connectivity index (χ2v) is 8.60. The molecular weight excluding hydrogens is 475 g/mol. The first-order valence-corrected chi connectivity index (χ1v) is 12.5. The van der Waals surface area contributed by atoms with Gasteiger partial charge in [-0.05, 0) is 62.6 Å². The highest BCUT2D eigenvalue weighted by atomic mass is 35.5. The predicted molar refractivity (Wildman–Crippen MR) is 138 cm³/mol. The van der Waals surface area contributed by atoms with Gasteiger partial charge in [-0.15, -0.1) is 0 Å². The summed E-state index contributed by atoms with van der Waals surface area (Å²) in [7, 11) is 0. The Morgan fingerprint density at radius 2 is 1.32 bits per heavy atom. The maximum Gasteiger partial charge on any atom is 0.237 e. The van der Waals surface area contributed by atoms with E-state index in [0.717, 1.165) is 32.7 Å². The molecule has 0 spiro atoms. The van der Waals surface area contributed by atoms with Crippen LogP contribution in [0.5, 0.6) is 11.5 Å². The van der Waals surface area contributed by atoms with Crippen LogP contribution in [0, 0.1) is 0 Å². The van der Waals surface area contributed by atoms with Crippen LogP contribution in [-0.4, -0.2) is 73.8 Å². The highest BCUT2D eigenvalue weighted by Gasteiger charge is 2.24. The lowest BCUT2D eigenvalue weighted by Gasteiger charge is -2.19. The lowest BCUT2D eigenvalue weighted by Crippen LogP contribution is -2.28. The fraction of sp³-hybridized carbons (Fsp3) is 0.462. The van der Waals surface area contributed by atoms with Gasteiger partial charge in [0.05, 0.1) is 5.56 Å². The Balaban J connectivity index is 2.17. The van der Waals surface area contributed by atoms with Crippen LogP contribution in [0.4, 0.5) is 0 Å². The fourth-order valence-electron chi connectivity index (χ4n) is 3.49. The number of halogens is 2. The Kier molecular flexibility index (Phi) is 11.8. The van der Waals surface area contributed by atoms with Crippen molar-refractivity contribution in [2.75, 3.05) is 52.5 Å². The molecule has 0 radical (unpaired) electrons. The van der Waals surface area contributed by atoms with Gasteiger partial charge in [0.15, 0.2) is 0 Å². The Hall–Kier alpha value is -2.12. The average Bonchev–Trinajstić information content (AvgIpc) is 2.84. The lowest BCUT2D eigenvalue weighted by atomic mass is 10.0. The number of ketones is 2. The molecule has 0 amide bonds. The normalized spacial score (nSPS) is 11.2. The van der Waals surface area contributed by atoms with Crippen LogP contribution in [0.25, 0.3) is 0 Å². The van der Waals surface area contributed by atoms with Gasteiger partial charge in [-0.2, -0.15) is 0 Å². The minimum Gasteiger partial charge on any atom is -0.492 e. The third-order valence-corrected chi connectivity index (χ3v) is 6.11. The number of rotatable bonds is 15. The van der Waals surface area contributed by atoms with Crippen LogP contribution >= 0.6 is 23.2 Å². The summed E-state index contributed by atoms with van der Waals surface area (Å²) in [5.41, 5.74) is 0.283. The van der Waals surface area contributed by atoms with Crippen LogP contribution in [-0.2, 0) is 0 Å². The molecule has 0 heterocycles. The largest absolute Gasteiger partial charge is 0.492 e. The van der Waals surface area contributed by atoms with E-state index in [-0.39, 0.29) is 11.1 Å². The maximum absolute atomic E-state index is 13.1. The molecule has 0 fully saturated rings. The van der Waals surface area contributed by atoms with Crippen LogP contribution in [0.3, 0.4) is 0 Å². The number of Topliss-reactive ketones (excluding diaryl/α,β-unsaturated/α-hetero) is 2. The summed E-state index contributed by atoms with van der Waals surface area (Å²) in [6.07, 6.45) is 0. The first-order valence-electron chi connectivity index (χ1n) is 11.7. The Labute approximate surface area is 212 Å². The molecule has 0 unspecified atom stereocenters. The smallest absolute Gasteiger partial charge is 0.237 e. The molecule has 0 aromatic heterocycles. The third-order valence-electron chi connectivity index (χ3n) is 5.66. The molecule has 186 valence electrons. The minimum atomic E-state index is -0.711.